The number of carboxylic acid groups (broad SMARTS) is 1. The average molecular weight is 722 g/mol. The normalized spacial score (nSPS) is 42.4. The van der Waals surface area contributed by atoms with Crippen molar-refractivity contribution in [3.05, 3.63) is 29.7 Å². The molecule has 4 fully saturated rings. The summed E-state index contributed by atoms with van der Waals surface area (Å²) in [6.45, 7) is 24.4. The highest BCUT2D eigenvalue weighted by atomic mass is 32.1. The van der Waals surface area contributed by atoms with E-state index in [1.54, 1.807) is 17.7 Å². The fraction of sp³-hybridized carbons (Fsp3) is 0.805. The predicted molar refractivity (Wildman–Crippen MR) is 201 cm³/mol. The monoisotopic (exact) mass is 721 g/mol. The molecule has 9 nitrogen and oxygen atoms in total. The van der Waals surface area contributed by atoms with Crippen LogP contribution >= 0.6 is 11.3 Å². The number of ether oxygens (including phenoxy) is 2. The van der Waals surface area contributed by atoms with Gasteiger partial charge < -0.3 is 20.3 Å². The molecule has 0 radical (unpaired) electrons. The van der Waals surface area contributed by atoms with Gasteiger partial charge in [0.15, 0.2) is 5.82 Å². The fourth-order valence-electron chi connectivity index (χ4n) is 12.5. The van der Waals surface area contributed by atoms with Crippen LogP contribution in [0.25, 0.3) is 10.7 Å². The van der Waals surface area contributed by atoms with Gasteiger partial charge >= 0.3 is 5.97 Å². The summed E-state index contributed by atoms with van der Waals surface area (Å²) in [5, 5.41) is 16.1. The maximum atomic E-state index is 13.6. The molecule has 7 rings (SSSR count). The molecular weight excluding hydrogens is 659 g/mol. The lowest BCUT2D eigenvalue weighted by Gasteiger charge is -2.71. The second-order valence-electron chi connectivity index (χ2n) is 19.4. The summed E-state index contributed by atoms with van der Waals surface area (Å²) in [7, 11) is 0. The lowest BCUT2D eigenvalue weighted by Crippen LogP contribution is -2.70. The average Bonchev–Trinajstić information content (AvgIpc) is 3.76. The Labute approximate surface area is 309 Å². The van der Waals surface area contributed by atoms with Crippen LogP contribution in [-0.2, 0) is 14.3 Å². The zero-order valence-corrected chi connectivity index (χ0v) is 33.6. The molecule has 3 N–H and O–H groups in total. The van der Waals surface area contributed by atoms with E-state index < -0.39 is 28.3 Å². The van der Waals surface area contributed by atoms with E-state index in [-0.39, 0.29) is 40.2 Å². The van der Waals surface area contributed by atoms with Crippen LogP contribution in [0.2, 0.25) is 0 Å². The van der Waals surface area contributed by atoms with Gasteiger partial charge in [-0.1, -0.05) is 74.0 Å². The van der Waals surface area contributed by atoms with Gasteiger partial charge in [0.25, 0.3) is 0 Å². The van der Waals surface area contributed by atoms with Crippen LogP contribution in [-0.4, -0.2) is 62.3 Å². The molecule has 51 heavy (non-hydrogen) atoms. The van der Waals surface area contributed by atoms with Gasteiger partial charge in [-0.2, -0.15) is 5.10 Å². The summed E-state index contributed by atoms with van der Waals surface area (Å²) in [6, 6.07) is -0.0909. The lowest BCUT2D eigenvalue weighted by atomic mass is 9.34. The van der Waals surface area contributed by atoms with E-state index >= 15 is 0 Å². The molecule has 3 heterocycles. The topological polar surface area (TPSA) is 125 Å². The van der Waals surface area contributed by atoms with E-state index in [4.69, 9.17) is 25.3 Å². The largest absolute Gasteiger partial charge is 0.481 e. The third kappa shape index (κ3) is 5.22. The van der Waals surface area contributed by atoms with Gasteiger partial charge in [0.1, 0.15) is 6.33 Å². The van der Waals surface area contributed by atoms with Crippen LogP contribution in [0.4, 0.5) is 0 Å². The van der Waals surface area contributed by atoms with Crippen LogP contribution in [0.3, 0.4) is 0 Å². The molecule has 0 amide bonds. The molecule has 2 aromatic rings. The van der Waals surface area contributed by atoms with Gasteiger partial charge in [-0.3, -0.25) is 9.78 Å². The Balaban J connectivity index is 1.40. The Morgan fingerprint density at radius 1 is 1.14 bits per heavy atom. The first kappa shape index (κ1) is 37.2. The smallest absolute Gasteiger partial charge is 0.307 e. The van der Waals surface area contributed by atoms with E-state index in [1.165, 1.54) is 5.57 Å². The summed E-state index contributed by atoms with van der Waals surface area (Å²) < 4.78 is 16.3. The Hall–Kier alpha value is -2.14. The molecule has 4 aliphatic carbocycles. The van der Waals surface area contributed by atoms with Gasteiger partial charge in [-0.05, 0) is 96.7 Å². The Bertz CT molecular complexity index is 1650. The number of carboxylic acids is 1. The number of carbonyl (C=O) groups is 1. The molecule has 2 bridgehead atoms. The zero-order valence-electron chi connectivity index (χ0n) is 32.7. The number of allylic oxidation sites excluding steroid dienone is 1. The minimum absolute atomic E-state index is 0.0909. The van der Waals surface area contributed by atoms with Gasteiger partial charge in [0.05, 0.1) is 48.3 Å². The molecule has 12 atom stereocenters. The number of hydrogen-bond acceptors (Lipinski definition) is 8. The first-order valence-corrected chi connectivity index (χ1v) is 20.5. The molecular formula is C41H63N5O4S. The van der Waals surface area contributed by atoms with Crippen LogP contribution in [0, 0.1) is 62.6 Å². The summed E-state index contributed by atoms with van der Waals surface area (Å²) in [6.07, 6.45) is 11.5. The van der Waals surface area contributed by atoms with Crippen LogP contribution in [0.5, 0.6) is 0 Å². The highest BCUT2D eigenvalue weighted by molar-refractivity contribution is 7.13. The summed E-state index contributed by atoms with van der Waals surface area (Å²) in [4.78, 5) is 23.8. The maximum Gasteiger partial charge on any atom is 0.307 e. The van der Waals surface area contributed by atoms with Crippen molar-refractivity contribution in [2.75, 3.05) is 19.8 Å². The van der Waals surface area contributed by atoms with Crippen LogP contribution in [0.15, 0.2) is 29.7 Å². The van der Waals surface area contributed by atoms with E-state index in [0.29, 0.717) is 37.6 Å². The molecule has 1 aliphatic heterocycles. The fourth-order valence-corrected chi connectivity index (χ4v) is 13.1. The van der Waals surface area contributed by atoms with E-state index in [9.17, 15) is 9.90 Å². The second kappa shape index (κ2) is 12.5. The van der Waals surface area contributed by atoms with E-state index in [2.05, 4.69) is 85.0 Å². The number of rotatable bonds is 9. The van der Waals surface area contributed by atoms with Gasteiger partial charge in [0, 0.05) is 17.2 Å². The lowest BCUT2D eigenvalue weighted by molar-refractivity contribution is -0.254. The van der Waals surface area contributed by atoms with Crippen molar-refractivity contribution in [2.24, 2.45) is 68.3 Å². The molecule has 10 heteroatoms. The first-order valence-electron chi connectivity index (χ1n) is 19.6. The standard InChI is InChI=1S/C41H63N5O4S/c1-24(2)26(5)37(7)15-16-38(8)27-11-12-31-36(6)17-29(46-34(44-22-45-46)30-18-43-23-51-30)33(50-20-40(10,42)25(3)4)41(31,21-49-19-36)28(27)13-14-39(38,9)32(37)35(47)48/h13,18,22-27,29,31-33H,11-12,14-17,19-21,42H2,1-10H3,(H,47,48)/t26-,27+,29-,31-,32-,33+,36-,37-,38-,39+,40+,41+/m1/s1. The van der Waals surface area contributed by atoms with Gasteiger partial charge in [0.2, 0.25) is 0 Å². The third-order valence-corrected chi connectivity index (χ3v) is 17.2. The van der Waals surface area contributed by atoms with Gasteiger partial charge in [-0.25, -0.2) is 9.67 Å². The van der Waals surface area contributed by atoms with E-state index in [1.807, 2.05) is 11.7 Å². The third-order valence-electron chi connectivity index (χ3n) is 16.4. The van der Waals surface area contributed by atoms with Crippen molar-refractivity contribution in [3.63, 3.8) is 0 Å². The van der Waals surface area contributed by atoms with Crippen molar-refractivity contribution >= 4 is 17.3 Å². The molecule has 1 saturated heterocycles. The van der Waals surface area contributed by atoms with Gasteiger partial charge in [-0.15, -0.1) is 11.3 Å². The van der Waals surface area contributed by atoms with Crippen LogP contribution in [0.1, 0.15) is 114 Å². The molecule has 0 spiro atoms. The molecule has 3 saturated carbocycles. The summed E-state index contributed by atoms with van der Waals surface area (Å²) >= 11 is 1.58. The first-order chi connectivity index (χ1) is 23.9. The van der Waals surface area contributed by atoms with Crippen molar-refractivity contribution in [2.45, 2.75) is 125 Å². The quantitative estimate of drug-likeness (QED) is 0.248. The Morgan fingerprint density at radius 2 is 1.88 bits per heavy atom. The Morgan fingerprint density at radius 3 is 2.53 bits per heavy atom. The number of nitrogens with zero attached hydrogens (tertiary/aromatic N) is 4. The van der Waals surface area contributed by atoms with Crippen molar-refractivity contribution in [1.82, 2.24) is 19.7 Å². The van der Waals surface area contributed by atoms with Crippen molar-refractivity contribution < 1.29 is 19.4 Å². The van der Waals surface area contributed by atoms with Crippen LogP contribution < -0.4 is 5.73 Å². The zero-order chi connectivity index (χ0) is 36.9. The summed E-state index contributed by atoms with van der Waals surface area (Å²) in [5.41, 5.74) is 8.37. The minimum atomic E-state index is -0.632. The molecule has 282 valence electrons. The number of aromatic nitrogens is 4. The maximum absolute atomic E-state index is 13.6. The number of hydrogen-bond donors (Lipinski definition) is 2. The predicted octanol–water partition coefficient (Wildman–Crippen LogP) is 8.29. The molecule has 0 unspecified atom stereocenters. The number of fused-ring (bicyclic) bond motifs is 3. The molecule has 0 aromatic carbocycles. The highest BCUT2D eigenvalue weighted by Gasteiger charge is 2.72. The SMILES string of the molecule is CC(C)[C@@H](C)[C@@]1(C)CC[C@]2(C)[C@H]3CC[C@@H]4[C@@]5(C)COC[C@@]4(C3=CC[C@@]2(C)[C@@H]1C(=O)O)[C@@H](OC[C@](C)(N)C(C)C)[C@H](n1ncnc1-c1cncs1)C5. The number of aliphatic carboxylic acids is 1. The second-order valence-corrected chi connectivity index (χ2v) is 20.3. The molecule has 5 aliphatic rings. The number of nitrogens with two attached hydrogens (primary N) is 1. The van der Waals surface area contributed by atoms with E-state index in [0.717, 1.165) is 49.2 Å². The number of thiazole rings is 1. The van der Waals surface area contributed by atoms with Crippen molar-refractivity contribution in [1.29, 1.82) is 0 Å². The minimum Gasteiger partial charge on any atom is -0.481 e. The van der Waals surface area contributed by atoms with Crippen molar-refractivity contribution in [3.8, 4) is 10.7 Å². The Kier molecular flexibility index (Phi) is 9.08. The molecule has 2 aromatic heterocycles. The summed E-state index contributed by atoms with van der Waals surface area (Å²) in [5.74, 6) is 1.29. The highest BCUT2D eigenvalue weighted by Crippen LogP contribution is 2.75.